The molecule has 6 nitrogen and oxygen atoms in total. The minimum atomic E-state index is -0.0422. The molecule has 0 radical (unpaired) electrons. The van der Waals surface area contributed by atoms with Crippen molar-refractivity contribution in [1.82, 2.24) is 14.8 Å². The molecule has 108 valence electrons. The van der Waals surface area contributed by atoms with Crippen molar-refractivity contribution in [2.45, 2.75) is 19.4 Å². The fraction of sp³-hybridized carbons (Fsp3) is 0.571. The molecule has 2 heterocycles. The first-order valence-electron chi connectivity index (χ1n) is 6.92. The van der Waals surface area contributed by atoms with Gasteiger partial charge in [0.2, 0.25) is 0 Å². The van der Waals surface area contributed by atoms with Crippen molar-refractivity contribution in [2.24, 2.45) is 0 Å². The molecule has 1 aliphatic heterocycles. The van der Waals surface area contributed by atoms with Crippen molar-refractivity contribution in [1.29, 1.82) is 5.26 Å². The van der Waals surface area contributed by atoms with Crippen LogP contribution >= 0.6 is 0 Å². The lowest BCUT2D eigenvalue weighted by atomic mass is 10.1. The molecule has 1 unspecified atom stereocenters. The number of aromatic amines is 1. The average molecular weight is 276 g/mol. The van der Waals surface area contributed by atoms with Gasteiger partial charge in [-0.15, -0.1) is 0 Å². The van der Waals surface area contributed by atoms with E-state index in [1.807, 2.05) is 6.07 Å². The predicted octanol–water partition coefficient (Wildman–Crippen LogP) is 0.415. The Kier molecular flexibility index (Phi) is 4.77. The molecule has 1 amide bonds. The number of aliphatic hydroxyl groups is 1. The van der Waals surface area contributed by atoms with Gasteiger partial charge >= 0.3 is 0 Å². The second kappa shape index (κ2) is 6.55. The highest BCUT2D eigenvalue weighted by Crippen LogP contribution is 2.12. The number of nitriles is 1. The van der Waals surface area contributed by atoms with E-state index < -0.39 is 0 Å². The number of amides is 1. The van der Waals surface area contributed by atoms with Crippen LogP contribution in [0.4, 0.5) is 0 Å². The van der Waals surface area contributed by atoms with E-state index in [4.69, 9.17) is 5.26 Å². The number of aromatic nitrogens is 1. The normalized spacial score (nSPS) is 17.8. The Morgan fingerprint density at radius 3 is 2.70 bits per heavy atom. The van der Waals surface area contributed by atoms with Gasteiger partial charge < -0.3 is 15.0 Å². The van der Waals surface area contributed by atoms with Crippen molar-refractivity contribution in [3.63, 3.8) is 0 Å². The quantitative estimate of drug-likeness (QED) is 0.834. The molecule has 6 heteroatoms. The maximum Gasteiger partial charge on any atom is 0.255 e. The van der Waals surface area contributed by atoms with Crippen LogP contribution in [0.1, 0.15) is 29.4 Å². The van der Waals surface area contributed by atoms with Gasteiger partial charge in [-0.1, -0.05) is 6.92 Å². The molecule has 0 spiro atoms. The Morgan fingerprint density at radius 1 is 1.50 bits per heavy atom. The van der Waals surface area contributed by atoms with Crippen molar-refractivity contribution < 1.29 is 9.90 Å². The minimum absolute atomic E-state index is 0.0422. The molecule has 0 aliphatic carbocycles. The summed E-state index contributed by atoms with van der Waals surface area (Å²) in [6.45, 7) is 5.08. The Balaban J connectivity index is 1.93. The molecule has 20 heavy (non-hydrogen) atoms. The fourth-order valence-electron chi connectivity index (χ4n) is 2.56. The van der Waals surface area contributed by atoms with Crippen LogP contribution in [0.15, 0.2) is 12.3 Å². The third-order valence-corrected chi connectivity index (χ3v) is 3.85. The van der Waals surface area contributed by atoms with Gasteiger partial charge in [-0.3, -0.25) is 9.69 Å². The number of hydrogen-bond donors (Lipinski definition) is 2. The first-order chi connectivity index (χ1) is 9.69. The third kappa shape index (κ3) is 3.00. The largest absolute Gasteiger partial charge is 0.395 e. The molecule has 2 rings (SSSR count). The summed E-state index contributed by atoms with van der Waals surface area (Å²) in [7, 11) is 0. The predicted molar refractivity (Wildman–Crippen MR) is 74.1 cm³/mol. The van der Waals surface area contributed by atoms with Crippen LogP contribution < -0.4 is 0 Å². The van der Waals surface area contributed by atoms with E-state index in [-0.39, 0.29) is 18.6 Å². The molecule has 0 saturated carbocycles. The average Bonchev–Trinajstić information content (AvgIpc) is 2.97. The van der Waals surface area contributed by atoms with Gasteiger partial charge in [0.25, 0.3) is 5.91 Å². The van der Waals surface area contributed by atoms with Crippen molar-refractivity contribution in [3.8, 4) is 6.07 Å². The summed E-state index contributed by atoms with van der Waals surface area (Å²) < 4.78 is 0. The van der Waals surface area contributed by atoms with Crippen LogP contribution in [0.5, 0.6) is 0 Å². The van der Waals surface area contributed by atoms with Gasteiger partial charge in [0.05, 0.1) is 12.2 Å². The first-order valence-corrected chi connectivity index (χ1v) is 6.92. The van der Waals surface area contributed by atoms with Crippen molar-refractivity contribution >= 4 is 5.91 Å². The zero-order valence-electron chi connectivity index (χ0n) is 11.7. The van der Waals surface area contributed by atoms with Gasteiger partial charge in [0, 0.05) is 38.4 Å². The number of nitrogens with zero attached hydrogens (tertiary/aromatic N) is 3. The van der Waals surface area contributed by atoms with Gasteiger partial charge in [-0.05, 0) is 12.5 Å². The highest BCUT2D eigenvalue weighted by Gasteiger charge is 2.25. The molecule has 1 aromatic rings. The Morgan fingerprint density at radius 2 is 2.20 bits per heavy atom. The molecule has 0 aromatic carbocycles. The second-order valence-corrected chi connectivity index (χ2v) is 4.99. The van der Waals surface area contributed by atoms with E-state index in [1.165, 1.54) is 0 Å². The summed E-state index contributed by atoms with van der Waals surface area (Å²) in [6, 6.07) is 3.75. The number of carbonyl (C=O) groups is 1. The van der Waals surface area contributed by atoms with Gasteiger partial charge in [-0.25, -0.2) is 0 Å². The lowest BCUT2D eigenvalue weighted by molar-refractivity contribution is 0.0472. The first kappa shape index (κ1) is 14.6. The molecular formula is C14H20N4O2. The number of nitrogens with one attached hydrogen (secondary N) is 1. The van der Waals surface area contributed by atoms with E-state index in [9.17, 15) is 9.90 Å². The summed E-state index contributed by atoms with van der Waals surface area (Å²) in [4.78, 5) is 19.1. The molecule has 1 saturated heterocycles. The highest BCUT2D eigenvalue weighted by molar-refractivity contribution is 5.94. The molecule has 1 aromatic heterocycles. The Hall–Kier alpha value is -1.84. The summed E-state index contributed by atoms with van der Waals surface area (Å²) in [6.07, 6.45) is 2.49. The number of hydrogen-bond acceptors (Lipinski definition) is 4. The van der Waals surface area contributed by atoms with Gasteiger partial charge in [0.1, 0.15) is 11.8 Å². The van der Waals surface area contributed by atoms with Crippen LogP contribution in [0.25, 0.3) is 0 Å². The maximum absolute atomic E-state index is 12.3. The van der Waals surface area contributed by atoms with Crippen LogP contribution in [0, 0.1) is 11.3 Å². The van der Waals surface area contributed by atoms with Crippen molar-refractivity contribution in [2.75, 3.05) is 32.8 Å². The molecule has 1 atom stereocenters. The van der Waals surface area contributed by atoms with Gasteiger partial charge in [-0.2, -0.15) is 5.26 Å². The SMILES string of the molecule is CCC(CO)N1CCN(C(=O)c2c[nH]c(C#N)c2)CC1. The van der Waals surface area contributed by atoms with E-state index in [2.05, 4.69) is 16.8 Å². The van der Waals surface area contributed by atoms with Crippen LogP contribution in [0.2, 0.25) is 0 Å². The minimum Gasteiger partial charge on any atom is -0.395 e. The number of rotatable bonds is 4. The number of carbonyl (C=O) groups excluding carboxylic acids is 1. The zero-order chi connectivity index (χ0) is 14.5. The van der Waals surface area contributed by atoms with E-state index in [0.717, 1.165) is 19.5 Å². The lowest BCUT2D eigenvalue weighted by Gasteiger charge is -2.38. The summed E-state index contributed by atoms with van der Waals surface area (Å²) in [5.74, 6) is -0.0422. The molecule has 1 aliphatic rings. The lowest BCUT2D eigenvalue weighted by Crippen LogP contribution is -2.52. The molecule has 1 fully saturated rings. The summed E-state index contributed by atoms with van der Waals surface area (Å²) in [5, 5.41) is 18.1. The number of H-pyrrole nitrogens is 1. The van der Waals surface area contributed by atoms with Crippen LogP contribution in [-0.4, -0.2) is 64.6 Å². The maximum atomic E-state index is 12.3. The zero-order valence-corrected chi connectivity index (χ0v) is 11.7. The van der Waals surface area contributed by atoms with Crippen LogP contribution in [0.3, 0.4) is 0 Å². The molecule has 0 bridgehead atoms. The third-order valence-electron chi connectivity index (χ3n) is 3.85. The number of piperazine rings is 1. The second-order valence-electron chi connectivity index (χ2n) is 4.99. The van der Waals surface area contributed by atoms with Crippen LogP contribution in [-0.2, 0) is 0 Å². The smallest absolute Gasteiger partial charge is 0.255 e. The van der Waals surface area contributed by atoms with Gasteiger partial charge in [0.15, 0.2) is 0 Å². The Labute approximate surface area is 118 Å². The summed E-state index contributed by atoms with van der Waals surface area (Å²) in [5.41, 5.74) is 0.933. The molecular weight excluding hydrogens is 256 g/mol. The number of aliphatic hydroxyl groups excluding tert-OH is 1. The standard InChI is InChI=1S/C14H20N4O2/c1-2-13(10-19)17-3-5-18(6-4-17)14(20)11-7-12(8-15)16-9-11/h7,9,13,16,19H,2-6,10H2,1H3. The molecule has 2 N–H and O–H groups in total. The van der Waals surface area contributed by atoms with Crippen molar-refractivity contribution in [3.05, 3.63) is 23.5 Å². The highest BCUT2D eigenvalue weighted by atomic mass is 16.3. The summed E-state index contributed by atoms with van der Waals surface area (Å²) >= 11 is 0. The topological polar surface area (TPSA) is 83.4 Å². The van der Waals surface area contributed by atoms with E-state index >= 15 is 0 Å². The monoisotopic (exact) mass is 276 g/mol. The Bertz CT molecular complexity index is 494. The van der Waals surface area contributed by atoms with E-state index in [0.29, 0.717) is 24.3 Å². The fourth-order valence-corrected chi connectivity index (χ4v) is 2.56. The van der Waals surface area contributed by atoms with E-state index in [1.54, 1.807) is 17.2 Å².